The van der Waals surface area contributed by atoms with Crippen molar-refractivity contribution in [2.24, 2.45) is 0 Å². The van der Waals surface area contributed by atoms with Crippen LogP contribution in [0.4, 0.5) is 0 Å². The second kappa shape index (κ2) is 10.3. The maximum absolute atomic E-state index is 12.8. The van der Waals surface area contributed by atoms with E-state index in [-0.39, 0.29) is 12.0 Å². The Balaban J connectivity index is 1.50. The number of halogens is 1. The van der Waals surface area contributed by atoms with E-state index in [2.05, 4.69) is 4.98 Å². The SMILES string of the molecule is COCCCOc1ccnc(C(=O)N2CCC(Oc3ccc(Cl)cc3)CC2)c1. The summed E-state index contributed by atoms with van der Waals surface area (Å²) in [5.74, 6) is 1.37. The first-order valence-corrected chi connectivity index (χ1v) is 9.83. The Morgan fingerprint density at radius 2 is 1.89 bits per heavy atom. The van der Waals surface area contributed by atoms with Crippen molar-refractivity contribution in [3.63, 3.8) is 0 Å². The van der Waals surface area contributed by atoms with Crippen LogP contribution in [0.25, 0.3) is 0 Å². The van der Waals surface area contributed by atoms with E-state index < -0.39 is 0 Å². The molecule has 1 aromatic carbocycles. The van der Waals surface area contributed by atoms with Crippen molar-refractivity contribution in [3.05, 3.63) is 53.3 Å². The first-order chi connectivity index (χ1) is 13.7. The van der Waals surface area contributed by atoms with Crippen molar-refractivity contribution in [3.8, 4) is 11.5 Å². The van der Waals surface area contributed by atoms with Crippen LogP contribution in [-0.4, -0.2) is 55.3 Å². The van der Waals surface area contributed by atoms with E-state index in [0.29, 0.717) is 42.8 Å². The third-order valence-corrected chi connectivity index (χ3v) is 4.81. The summed E-state index contributed by atoms with van der Waals surface area (Å²) in [7, 11) is 1.66. The van der Waals surface area contributed by atoms with Crippen LogP contribution in [0, 0.1) is 0 Å². The normalized spacial score (nSPS) is 14.7. The third kappa shape index (κ3) is 5.84. The molecule has 150 valence electrons. The molecule has 1 aliphatic heterocycles. The Bertz CT molecular complexity index is 761. The minimum Gasteiger partial charge on any atom is -0.493 e. The van der Waals surface area contributed by atoms with Crippen LogP contribution in [-0.2, 0) is 4.74 Å². The summed E-state index contributed by atoms with van der Waals surface area (Å²) in [5.41, 5.74) is 0.404. The Morgan fingerprint density at radius 1 is 1.14 bits per heavy atom. The molecule has 7 heteroatoms. The van der Waals surface area contributed by atoms with Crippen molar-refractivity contribution >= 4 is 17.5 Å². The van der Waals surface area contributed by atoms with Gasteiger partial charge >= 0.3 is 0 Å². The molecule has 0 unspecified atom stereocenters. The fourth-order valence-corrected chi connectivity index (χ4v) is 3.18. The zero-order valence-corrected chi connectivity index (χ0v) is 16.7. The lowest BCUT2D eigenvalue weighted by Gasteiger charge is -2.32. The zero-order chi connectivity index (χ0) is 19.8. The van der Waals surface area contributed by atoms with Gasteiger partial charge in [-0.3, -0.25) is 9.78 Å². The molecule has 0 radical (unpaired) electrons. The molecule has 1 fully saturated rings. The van der Waals surface area contributed by atoms with E-state index in [4.69, 9.17) is 25.8 Å². The largest absolute Gasteiger partial charge is 0.493 e. The van der Waals surface area contributed by atoms with Crippen LogP contribution < -0.4 is 9.47 Å². The maximum Gasteiger partial charge on any atom is 0.272 e. The smallest absolute Gasteiger partial charge is 0.272 e. The van der Waals surface area contributed by atoms with Gasteiger partial charge in [0.25, 0.3) is 5.91 Å². The summed E-state index contributed by atoms with van der Waals surface area (Å²) >= 11 is 5.90. The summed E-state index contributed by atoms with van der Waals surface area (Å²) in [6, 6.07) is 10.8. The van der Waals surface area contributed by atoms with Gasteiger partial charge in [0.05, 0.1) is 6.61 Å². The number of amides is 1. The first-order valence-electron chi connectivity index (χ1n) is 9.45. The van der Waals surface area contributed by atoms with E-state index in [1.807, 2.05) is 29.2 Å². The highest BCUT2D eigenvalue weighted by atomic mass is 35.5. The predicted molar refractivity (Wildman–Crippen MR) is 107 cm³/mol. The highest BCUT2D eigenvalue weighted by Gasteiger charge is 2.25. The van der Waals surface area contributed by atoms with Gasteiger partial charge in [-0.1, -0.05) is 11.6 Å². The molecule has 2 aromatic rings. The van der Waals surface area contributed by atoms with E-state index in [1.54, 1.807) is 25.4 Å². The molecule has 1 amide bonds. The molecule has 0 saturated carbocycles. The standard InChI is InChI=1S/C21H25ClN2O4/c1-26-13-2-14-27-19-7-10-23-20(15-19)21(25)24-11-8-18(9-12-24)28-17-5-3-16(22)4-6-17/h3-7,10,15,18H,2,8-9,11-14H2,1H3. The molecule has 0 aliphatic carbocycles. The minimum atomic E-state index is -0.0766. The second-order valence-electron chi connectivity index (χ2n) is 6.63. The summed E-state index contributed by atoms with van der Waals surface area (Å²) in [4.78, 5) is 18.8. The van der Waals surface area contributed by atoms with Crippen molar-refractivity contribution in [1.29, 1.82) is 0 Å². The second-order valence-corrected chi connectivity index (χ2v) is 7.07. The van der Waals surface area contributed by atoms with Gasteiger partial charge in [-0.25, -0.2) is 0 Å². The van der Waals surface area contributed by atoms with Crippen molar-refractivity contribution < 1.29 is 19.0 Å². The number of aromatic nitrogens is 1. The van der Waals surface area contributed by atoms with Crippen LogP contribution in [0.3, 0.4) is 0 Å². The average Bonchev–Trinajstić information content (AvgIpc) is 2.73. The maximum atomic E-state index is 12.8. The fourth-order valence-electron chi connectivity index (χ4n) is 3.06. The van der Waals surface area contributed by atoms with Gasteiger partial charge in [-0.2, -0.15) is 0 Å². The number of benzene rings is 1. The number of pyridine rings is 1. The molecule has 0 bridgehead atoms. The summed E-state index contributed by atoms with van der Waals surface area (Å²) in [5, 5.41) is 0.685. The highest BCUT2D eigenvalue weighted by Crippen LogP contribution is 2.22. The lowest BCUT2D eigenvalue weighted by molar-refractivity contribution is 0.0589. The number of carbonyl (C=O) groups is 1. The molecular formula is C21H25ClN2O4. The van der Waals surface area contributed by atoms with Gasteiger partial charge in [-0.15, -0.1) is 0 Å². The molecule has 0 atom stereocenters. The molecule has 1 aliphatic rings. The van der Waals surface area contributed by atoms with Crippen molar-refractivity contribution in [1.82, 2.24) is 9.88 Å². The average molecular weight is 405 g/mol. The lowest BCUT2D eigenvalue weighted by atomic mass is 10.1. The molecular weight excluding hydrogens is 380 g/mol. The number of methoxy groups -OCH3 is 1. The number of rotatable bonds is 8. The number of hydrogen-bond donors (Lipinski definition) is 0. The summed E-state index contributed by atoms with van der Waals surface area (Å²) in [6.07, 6.45) is 4.05. The number of likely N-dealkylation sites (tertiary alicyclic amines) is 1. The monoisotopic (exact) mass is 404 g/mol. The number of carbonyl (C=O) groups excluding carboxylic acids is 1. The molecule has 6 nitrogen and oxygen atoms in total. The van der Waals surface area contributed by atoms with Gasteiger partial charge in [0.1, 0.15) is 23.3 Å². The van der Waals surface area contributed by atoms with Crippen LogP contribution in [0.5, 0.6) is 11.5 Å². The number of ether oxygens (including phenoxy) is 3. The minimum absolute atomic E-state index is 0.0766. The summed E-state index contributed by atoms with van der Waals surface area (Å²) in [6.45, 7) is 2.46. The molecule has 0 spiro atoms. The van der Waals surface area contributed by atoms with Gasteiger partial charge in [0.15, 0.2) is 0 Å². The molecule has 28 heavy (non-hydrogen) atoms. The Hall–Kier alpha value is -2.31. The Kier molecular flexibility index (Phi) is 7.51. The third-order valence-electron chi connectivity index (χ3n) is 4.56. The Morgan fingerprint density at radius 3 is 2.61 bits per heavy atom. The predicted octanol–water partition coefficient (Wildman–Crippen LogP) is 3.83. The quantitative estimate of drug-likeness (QED) is 0.626. The van der Waals surface area contributed by atoms with E-state index >= 15 is 0 Å². The zero-order valence-electron chi connectivity index (χ0n) is 16.0. The van der Waals surface area contributed by atoms with E-state index in [0.717, 1.165) is 25.0 Å². The van der Waals surface area contributed by atoms with E-state index in [9.17, 15) is 4.79 Å². The fraction of sp³-hybridized carbons (Fsp3) is 0.429. The lowest BCUT2D eigenvalue weighted by Crippen LogP contribution is -2.42. The number of piperidine rings is 1. The van der Waals surface area contributed by atoms with Gasteiger partial charge in [0, 0.05) is 63.4 Å². The Labute approximate surface area is 170 Å². The topological polar surface area (TPSA) is 60.9 Å². The van der Waals surface area contributed by atoms with Crippen LogP contribution >= 0.6 is 11.6 Å². The molecule has 3 rings (SSSR count). The van der Waals surface area contributed by atoms with Crippen molar-refractivity contribution in [2.45, 2.75) is 25.4 Å². The van der Waals surface area contributed by atoms with Gasteiger partial charge in [-0.05, 0) is 30.3 Å². The molecule has 2 heterocycles. The van der Waals surface area contributed by atoms with Crippen LogP contribution in [0.1, 0.15) is 29.8 Å². The van der Waals surface area contributed by atoms with E-state index in [1.165, 1.54) is 0 Å². The number of hydrogen-bond acceptors (Lipinski definition) is 5. The summed E-state index contributed by atoms with van der Waals surface area (Å²) < 4.78 is 16.6. The first kappa shape index (κ1) is 20.4. The highest BCUT2D eigenvalue weighted by molar-refractivity contribution is 6.30. The molecule has 1 saturated heterocycles. The van der Waals surface area contributed by atoms with Crippen LogP contribution in [0.15, 0.2) is 42.6 Å². The number of nitrogens with zero attached hydrogens (tertiary/aromatic N) is 2. The van der Waals surface area contributed by atoms with Gasteiger partial charge < -0.3 is 19.1 Å². The van der Waals surface area contributed by atoms with Crippen LogP contribution in [0.2, 0.25) is 5.02 Å². The van der Waals surface area contributed by atoms with Crippen molar-refractivity contribution in [2.75, 3.05) is 33.4 Å². The van der Waals surface area contributed by atoms with Gasteiger partial charge in [0.2, 0.25) is 0 Å². The molecule has 0 N–H and O–H groups in total. The molecule has 1 aromatic heterocycles.